The summed E-state index contributed by atoms with van der Waals surface area (Å²) in [7, 11) is 3.91. The van der Waals surface area contributed by atoms with E-state index in [0.29, 0.717) is 55.1 Å². The third-order valence-electron chi connectivity index (χ3n) is 6.75. The number of carbonyl (C=O) groups excluding carboxylic acids is 2. The van der Waals surface area contributed by atoms with Gasteiger partial charge in [0.1, 0.15) is 5.76 Å². The molecule has 0 aliphatic carbocycles. The largest absolute Gasteiger partial charge is 0.361 e. The van der Waals surface area contributed by atoms with Gasteiger partial charge in [-0.05, 0) is 64.9 Å². The second kappa shape index (κ2) is 12.9. The summed E-state index contributed by atoms with van der Waals surface area (Å²) >= 11 is 6.43. The van der Waals surface area contributed by atoms with Crippen LogP contribution in [0.4, 0.5) is 5.69 Å². The summed E-state index contributed by atoms with van der Waals surface area (Å²) in [6.45, 7) is 13.9. The molecule has 3 rings (SSSR count). The van der Waals surface area contributed by atoms with Crippen molar-refractivity contribution in [1.29, 1.82) is 0 Å². The zero-order valence-corrected chi connectivity index (χ0v) is 24.1. The van der Waals surface area contributed by atoms with E-state index in [1.54, 1.807) is 0 Å². The number of benzene rings is 1. The number of carbonyl (C=O) groups is 2. The SMILES string of the molecule is Cc1onc(C(=O)N2CCN(C(C)C)CCCN(C(=O)CC(C)C)c3cc(Cl)ccc3C2)c1CN(C)C. The molecule has 2 heterocycles. The highest BCUT2D eigenvalue weighted by atomic mass is 35.5. The van der Waals surface area contributed by atoms with Gasteiger partial charge in [-0.15, -0.1) is 0 Å². The fraction of sp³-hybridized carbons (Fsp3) is 0.607. The van der Waals surface area contributed by atoms with Crippen molar-refractivity contribution in [3.05, 3.63) is 45.8 Å². The number of nitrogens with zero attached hydrogens (tertiary/aromatic N) is 5. The summed E-state index contributed by atoms with van der Waals surface area (Å²) in [5.41, 5.74) is 2.82. The summed E-state index contributed by atoms with van der Waals surface area (Å²) < 4.78 is 5.45. The van der Waals surface area contributed by atoms with Crippen LogP contribution in [0.2, 0.25) is 5.02 Å². The number of fused-ring (bicyclic) bond motifs is 1. The minimum absolute atomic E-state index is 0.0760. The van der Waals surface area contributed by atoms with Gasteiger partial charge in [-0.2, -0.15) is 0 Å². The van der Waals surface area contributed by atoms with Crippen LogP contribution in [-0.2, 0) is 17.9 Å². The molecule has 0 N–H and O–H groups in total. The first-order valence-corrected chi connectivity index (χ1v) is 13.6. The van der Waals surface area contributed by atoms with Crippen LogP contribution in [0.5, 0.6) is 0 Å². The minimum atomic E-state index is -0.169. The van der Waals surface area contributed by atoms with Gasteiger partial charge in [0.2, 0.25) is 5.91 Å². The Bertz CT molecular complexity index is 1080. The molecule has 2 aromatic rings. The lowest BCUT2D eigenvalue weighted by Crippen LogP contribution is -2.41. The zero-order chi connectivity index (χ0) is 27.3. The molecule has 204 valence electrons. The minimum Gasteiger partial charge on any atom is -0.361 e. The molecule has 0 unspecified atom stereocenters. The Balaban J connectivity index is 2.06. The van der Waals surface area contributed by atoms with Crippen molar-refractivity contribution in [1.82, 2.24) is 19.9 Å². The third kappa shape index (κ3) is 7.55. The number of hydrogen-bond acceptors (Lipinski definition) is 6. The van der Waals surface area contributed by atoms with E-state index in [9.17, 15) is 9.59 Å². The molecule has 1 aromatic heterocycles. The van der Waals surface area contributed by atoms with Gasteiger partial charge in [0.15, 0.2) is 5.69 Å². The molecule has 0 atom stereocenters. The molecule has 9 heteroatoms. The highest BCUT2D eigenvalue weighted by Crippen LogP contribution is 2.29. The quantitative estimate of drug-likeness (QED) is 0.531. The molecule has 0 saturated heterocycles. The van der Waals surface area contributed by atoms with Gasteiger partial charge in [0.25, 0.3) is 5.91 Å². The lowest BCUT2D eigenvalue weighted by Gasteiger charge is -2.30. The molecule has 0 spiro atoms. The van der Waals surface area contributed by atoms with Gasteiger partial charge in [0, 0.05) is 62.3 Å². The number of rotatable bonds is 6. The summed E-state index contributed by atoms with van der Waals surface area (Å²) in [6.07, 6.45) is 1.28. The Morgan fingerprint density at radius 3 is 2.49 bits per heavy atom. The van der Waals surface area contributed by atoms with E-state index >= 15 is 0 Å². The first-order chi connectivity index (χ1) is 17.5. The molecule has 0 bridgehead atoms. The Kier molecular flexibility index (Phi) is 10.2. The van der Waals surface area contributed by atoms with E-state index < -0.39 is 0 Å². The van der Waals surface area contributed by atoms with Gasteiger partial charge in [0.05, 0.1) is 5.69 Å². The van der Waals surface area contributed by atoms with Crippen molar-refractivity contribution >= 4 is 29.1 Å². The van der Waals surface area contributed by atoms with Gasteiger partial charge < -0.3 is 19.2 Å². The van der Waals surface area contributed by atoms with E-state index in [2.05, 4.69) is 37.8 Å². The van der Waals surface area contributed by atoms with Crippen LogP contribution in [0.15, 0.2) is 22.7 Å². The molecule has 0 fully saturated rings. The first-order valence-electron chi connectivity index (χ1n) is 13.2. The molecule has 37 heavy (non-hydrogen) atoms. The van der Waals surface area contributed by atoms with Crippen molar-refractivity contribution in [3.63, 3.8) is 0 Å². The van der Waals surface area contributed by atoms with Crippen LogP contribution in [0, 0.1) is 12.8 Å². The lowest BCUT2D eigenvalue weighted by molar-refractivity contribution is -0.119. The molecule has 8 nitrogen and oxygen atoms in total. The summed E-state index contributed by atoms with van der Waals surface area (Å²) in [6, 6.07) is 5.92. The molecule has 0 saturated carbocycles. The summed E-state index contributed by atoms with van der Waals surface area (Å²) in [5, 5.41) is 4.73. The van der Waals surface area contributed by atoms with E-state index in [1.807, 2.05) is 53.9 Å². The number of hydrogen-bond donors (Lipinski definition) is 0. The van der Waals surface area contributed by atoms with E-state index in [-0.39, 0.29) is 17.7 Å². The van der Waals surface area contributed by atoms with Gasteiger partial charge in [-0.1, -0.05) is 36.7 Å². The first kappa shape index (κ1) is 29.1. The van der Waals surface area contributed by atoms with Gasteiger partial charge in [-0.25, -0.2) is 0 Å². The van der Waals surface area contributed by atoms with Crippen molar-refractivity contribution in [3.8, 4) is 0 Å². The highest BCUT2D eigenvalue weighted by Gasteiger charge is 2.29. The van der Waals surface area contributed by atoms with Crippen LogP contribution < -0.4 is 4.90 Å². The number of amides is 2. The highest BCUT2D eigenvalue weighted by molar-refractivity contribution is 6.31. The molecule has 1 aromatic carbocycles. The van der Waals surface area contributed by atoms with Crippen molar-refractivity contribution in [2.24, 2.45) is 5.92 Å². The second-order valence-electron chi connectivity index (χ2n) is 10.9. The van der Waals surface area contributed by atoms with E-state index in [1.165, 1.54) is 0 Å². The van der Waals surface area contributed by atoms with Crippen LogP contribution >= 0.6 is 11.6 Å². The zero-order valence-electron chi connectivity index (χ0n) is 23.4. The molecular formula is C28H42ClN5O3. The molecule has 1 aliphatic rings. The number of anilines is 1. The Labute approximate surface area is 226 Å². The predicted octanol–water partition coefficient (Wildman–Crippen LogP) is 4.83. The van der Waals surface area contributed by atoms with Gasteiger partial charge >= 0.3 is 0 Å². The van der Waals surface area contributed by atoms with Gasteiger partial charge in [-0.3, -0.25) is 14.5 Å². The van der Waals surface area contributed by atoms with Crippen LogP contribution in [0.3, 0.4) is 0 Å². The van der Waals surface area contributed by atoms with Crippen LogP contribution in [0.25, 0.3) is 0 Å². The fourth-order valence-electron chi connectivity index (χ4n) is 4.74. The van der Waals surface area contributed by atoms with Crippen molar-refractivity contribution in [2.45, 2.75) is 66.6 Å². The average Bonchev–Trinajstić information content (AvgIpc) is 3.14. The molecule has 0 radical (unpaired) electrons. The maximum Gasteiger partial charge on any atom is 0.276 e. The normalized spacial score (nSPS) is 15.9. The Morgan fingerprint density at radius 1 is 1.11 bits per heavy atom. The topological polar surface area (TPSA) is 73.1 Å². The second-order valence-corrected chi connectivity index (χ2v) is 11.4. The Hall–Kier alpha value is -2.42. The average molecular weight is 532 g/mol. The Morgan fingerprint density at radius 2 is 1.84 bits per heavy atom. The monoisotopic (exact) mass is 531 g/mol. The van der Waals surface area contributed by atoms with Crippen LogP contribution in [-0.4, -0.2) is 78.0 Å². The smallest absolute Gasteiger partial charge is 0.276 e. The number of aryl methyl sites for hydroxylation is 1. The van der Waals surface area contributed by atoms with Crippen LogP contribution in [0.1, 0.15) is 67.9 Å². The lowest BCUT2D eigenvalue weighted by atomic mass is 10.1. The maximum absolute atomic E-state index is 13.9. The van der Waals surface area contributed by atoms with Crippen molar-refractivity contribution in [2.75, 3.05) is 45.2 Å². The molecule has 2 amide bonds. The number of aromatic nitrogens is 1. The molecular weight excluding hydrogens is 490 g/mol. The standard InChI is InChI=1S/C28H42ClN5O3/c1-19(2)15-26(35)34-12-8-11-32(20(3)4)13-14-33(17-22-9-10-23(29)16-25(22)34)28(36)27-24(18-31(6)7)21(5)37-30-27/h9-10,16,19-20H,8,11-15,17-18H2,1-7H3. The third-order valence-corrected chi connectivity index (χ3v) is 6.98. The predicted molar refractivity (Wildman–Crippen MR) is 148 cm³/mol. The summed E-state index contributed by atoms with van der Waals surface area (Å²) in [5.74, 6) is 0.796. The fourth-order valence-corrected chi connectivity index (χ4v) is 4.91. The summed E-state index contributed by atoms with van der Waals surface area (Å²) in [4.78, 5) is 35.4. The van der Waals surface area contributed by atoms with E-state index in [4.69, 9.17) is 16.1 Å². The molecule has 1 aliphatic heterocycles. The van der Waals surface area contributed by atoms with Crippen molar-refractivity contribution < 1.29 is 14.1 Å². The maximum atomic E-state index is 13.9. The van der Waals surface area contributed by atoms with E-state index in [0.717, 1.165) is 36.3 Å². The number of halogens is 1.